The van der Waals surface area contributed by atoms with Crippen LogP contribution in [0.25, 0.3) is 0 Å². The van der Waals surface area contributed by atoms with Crippen LogP contribution in [-0.2, 0) is 0 Å². The van der Waals surface area contributed by atoms with Gasteiger partial charge in [0.2, 0.25) is 0 Å². The van der Waals surface area contributed by atoms with Gasteiger partial charge in [-0.25, -0.2) is 0 Å². The van der Waals surface area contributed by atoms with E-state index < -0.39 is 0 Å². The molecule has 0 atom stereocenters. The molecule has 0 rings (SSSR count). The topological polar surface area (TPSA) is 35.0 Å². The Hall–Kier alpha value is -0.0400. The zero-order chi connectivity index (χ0) is 7.41. The third-order valence-corrected chi connectivity index (χ3v) is 0. The van der Waals surface area contributed by atoms with Crippen LogP contribution >= 0.6 is 0 Å². The summed E-state index contributed by atoms with van der Waals surface area (Å²) < 4.78 is 0. The average molecular weight is 137 g/mol. The van der Waals surface area contributed by atoms with Crippen LogP contribution in [0, 0.1) is 0 Å². The van der Waals surface area contributed by atoms with Crippen molar-refractivity contribution in [2.24, 2.45) is 0 Å². The zero-order valence-corrected chi connectivity index (χ0v) is 8.12. The van der Waals surface area contributed by atoms with Crippen LogP contribution in [0.4, 0.5) is 0 Å². The van der Waals surface area contributed by atoms with Gasteiger partial charge in [-0.2, -0.15) is 0 Å². The van der Waals surface area contributed by atoms with Gasteiger partial charge in [-0.15, -0.1) is 0 Å². The van der Waals surface area contributed by atoms with E-state index >= 15 is 0 Å². The maximum absolute atomic E-state index is 2.12. The van der Waals surface area contributed by atoms with Crippen LogP contribution in [0.5, 0.6) is 0 Å². The summed E-state index contributed by atoms with van der Waals surface area (Å²) >= 11 is 0. The van der Waals surface area contributed by atoms with Crippen LogP contribution in [0.1, 0.15) is 55.8 Å². The Morgan fingerprint density at radius 3 is 0.778 bits per heavy atom. The van der Waals surface area contributed by atoms with Crippen LogP contribution in [0.3, 0.4) is 0 Å². The van der Waals surface area contributed by atoms with Crippen molar-refractivity contribution in [3.05, 3.63) is 0 Å². The first kappa shape index (κ1) is 23.1. The summed E-state index contributed by atoms with van der Waals surface area (Å²) in [5, 5.41) is 0. The van der Waals surface area contributed by atoms with Gasteiger partial charge in [0.1, 0.15) is 0 Å². The highest BCUT2D eigenvalue weighted by Crippen LogP contribution is 1.56. The fourth-order valence-corrected chi connectivity index (χ4v) is 0. The van der Waals surface area contributed by atoms with E-state index in [2.05, 4.69) is 27.7 Å². The molecule has 0 saturated heterocycles. The molecule has 0 fully saturated rings. The second kappa shape index (κ2) is 100. The largest absolute Gasteiger partial charge is 0.344 e. The second-order valence-corrected chi connectivity index (χ2v) is 1.41. The molecule has 3 N–H and O–H groups in total. The van der Waals surface area contributed by atoms with Crippen LogP contribution in [-0.4, -0.2) is 0 Å². The van der Waals surface area contributed by atoms with Gasteiger partial charge >= 0.3 is 0 Å². The Morgan fingerprint density at radius 2 is 0.778 bits per heavy atom. The first-order valence-corrected chi connectivity index (χ1v) is 3.83. The van der Waals surface area contributed by atoms with Gasteiger partial charge < -0.3 is 6.15 Å². The summed E-state index contributed by atoms with van der Waals surface area (Å²) in [6.45, 7) is 12.5. The predicted molar refractivity (Wildman–Crippen MR) is 50.4 cm³/mol. The monoisotopic (exact) mass is 137 g/mol. The molecule has 0 heterocycles. The summed E-state index contributed by atoms with van der Waals surface area (Å²) in [5.74, 6) is 0. The number of hydrogen-bond acceptors (Lipinski definition) is 1. The highest BCUT2D eigenvalue weighted by molar-refractivity contribution is 3.92. The Kier molecular flexibility index (Phi) is 257. The van der Waals surface area contributed by atoms with E-state index in [1.54, 1.807) is 0 Å². The van der Waals surface area contributed by atoms with Gasteiger partial charge in [-0.05, 0) is 0 Å². The van der Waals surface area contributed by atoms with Gasteiger partial charge in [0.15, 0.2) is 0 Å². The van der Waals surface area contributed by atoms with E-state index in [0.717, 1.165) is 0 Å². The minimum Gasteiger partial charge on any atom is -0.344 e. The minimum absolute atomic E-state index is 0. The Balaban J connectivity index is -0.0000000116. The molecule has 0 aromatic rings. The van der Waals surface area contributed by atoms with Crippen molar-refractivity contribution < 1.29 is 1.43 Å². The molecule has 0 bridgehead atoms. The van der Waals surface area contributed by atoms with E-state index in [4.69, 9.17) is 0 Å². The quantitative estimate of drug-likeness (QED) is 0.531. The summed E-state index contributed by atoms with van der Waals surface area (Å²) in [6.07, 6.45) is 2.50. The van der Waals surface area contributed by atoms with Crippen LogP contribution in [0.15, 0.2) is 0 Å². The van der Waals surface area contributed by atoms with E-state index in [0.29, 0.717) is 0 Å². The molecule has 0 aromatic heterocycles. The maximum Gasteiger partial charge on any atom is 0 e. The van der Waals surface area contributed by atoms with Crippen molar-refractivity contribution in [3.63, 3.8) is 0 Å². The van der Waals surface area contributed by atoms with E-state index in [-0.39, 0.29) is 7.58 Å². The molecule has 0 radical (unpaired) electrons. The summed E-state index contributed by atoms with van der Waals surface area (Å²) in [4.78, 5) is 0. The SMILES string of the molecule is CC.CCC.CCC.N.[HH]. The lowest BCUT2D eigenvalue weighted by atomic mass is 10.6. The molecule has 0 aromatic carbocycles. The van der Waals surface area contributed by atoms with Gasteiger partial charge in [0.05, 0.1) is 0 Å². The van der Waals surface area contributed by atoms with Crippen LogP contribution in [0.2, 0.25) is 0 Å². The molecule has 1 nitrogen and oxygen atoms in total. The molecule has 0 saturated carbocycles. The van der Waals surface area contributed by atoms with Gasteiger partial charge in [-0.3, -0.25) is 0 Å². The lowest BCUT2D eigenvalue weighted by molar-refractivity contribution is 1.09. The molecule has 0 aliphatic rings. The molecule has 0 unspecified atom stereocenters. The van der Waals surface area contributed by atoms with Crippen molar-refractivity contribution >= 4 is 0 Å². The fourth-order valence-electron chi connectivity index (χ4n) is 0. The van der Waals surface area contributed by atoms with E-state index in [9.17, 15) is 0 Å². The lowest BCUT2D eigenvalue weighted by Gasteiger charge is -1.48. The smallest absolute Gasteiger partial charge is 0 e. The molecule has 64 valence electrons. The summed E-state index contributed by atoms with van der Waals surface area (Å²) in [7, 11) is 0. The first-order chi connectivity index (χ1) is 3.83. The Bertz CT molecular complexity index is 11.2. The minimum atomic E-state index is 0. The highest BCUT2D eigenvalue weighted by atomic mass is 14.0. The number of rotatable bonds is 0. The predicted octanol–water partition coefficient (Wildman–Crippen LogP) is 4.27. The average Bonchev–Trinajstić information content (AvgIpc) is 1.75. The molecule has 0 aliphatic carbocycles. The number of hydrogen-bond donors (Lipinski definition) is 1. The van der Waals surface area contributed by atoms with Crippen molar-refractivity contribution in [1.29, 1.82) is 0 Å². The van der Waals surface area contributed by atoms with Crippen molar-refractivity contribution in [1.82, 2.24) is 6.15 Å². The van der Waals surface area contributed by atoms with Crippen molar-refractivity contribution in [3.8, 4) is 0 Å². The molecular weight excluding hydrogens is 110 g/mol. The van der Waals surface area contributed by atoms with Gasteiger partial charge in [-0.1, -0.05) is 54.4 Å². The third-order valence-electron chi connectivity index (χ3n) is 0. The Morgan fingerprint density at radius 1 is 0.778 bits per heavy atom. The molecule has 0 aliphatic heterocycles. The third kappa shape index (κ3) is 177000. The highest BCUT2D eigenvalue weighted by Gasteiger charge is 1.36. The standard InChI is InChI=1S/2C3H8.C2H6.H3N.H2/c2*1-3-2;1-2;;/h2*3H2,1-2H3;1-2H3;1H3;1H. The first-order valence-electron chi connectivity index (χ1n) is 3.83. The van der Waals surface area contributed by atoms with E-state index in [1.807, 2.05) is 13.8 Å². The molecule has 9 heavy (non-hydrogen) atoms. The van der Waals surface area contributed by atoms with E-state index in [1.165, 1.54) is 12.8 Å². The lowest BCUT2D eigenvalue weighted by Crippen LogP contribution is -1.27. The van der Waals surface area contributed by atoms with Gasteiger partial charge in [0.25, 0.3) is 0 Å². The van der Waals surface area contributed by atoms with Gasteiger partial charge in [0, 0.05) is 1.43 Å². The van der Waals surface area contributed by atoms with Crippen molar-refractivity contribution in [2.45, 2.75) is 54.4 Å². The maximum atomic E-state index is 2.12. The molecule has 0 spiro atoms. The zero-order valence-electron chi connectivity index (χ0n) is 8.12. The van der Waals surface area contributed by atoms with Crippen LogP contribution < -0.4 is 6.15 Å². The second-order valence-electron chi connectivity index (χ2n) is 1.41. The summed E-state index contributed by atoms with van der Waals surface area (Å²) in [5.41, 5.74) is 0. The summed E-state index contributed by atoms with van der Waals surface area (Å²) in [6, 6.07) is 0. The van der Waals surface area contributed by atoms with Crippen molar-refractivity contribution in [2.75, 3.05) is 0 Å². The molecule has 0 amide bonds. The fraction of sp³-hybridized carbons (Fsp3) is 1.00. The normalized spacial score (nSPS) is 4.67. The molecule has 1 heteroatoms. The molecular formula is C8H27N. The Labute approximate surface area is 62.9 Å².